The number of ether oxygens (including phenoxy) is 2. The van der Waals surface area contributed by atoms with Gasteiger partial charge in [-0.05, 0) is 51.2 Å². The Morgan fingerprint density at radius 1 is 1.00 bits per heavy atom. The van der Waals surface area contributed by atoms with Gasteiger partial charge in [0.25, 0.3) is 0 Å². The number of nitrogens with one attached hydrogen (secondary N) is 2. The second kappa shape index (κ2) is 18.3. The molecule has 0 spiro atoms. The molecule has 1 aliphatic heterocycles. The predicted molar refractivity (Wildman–Crippen MR) is 121 cm³/mol. The van der Waals surface area contributed by atoms with Crippen LogP contribution in [0.3, 0.4) is 0 Å². The molecule has 1 heterocycles. The van der Waals surface area contributed by atoms with Gasteiger partial charge in [0.2, 0.25) is 0 Å². The van der Waals surface area contributed by atoms with Crippen LogP contribution in [0.25, 0.3) is 0 Å². The van der Waals surface area contributed by atoms with Crippen LogP contribution >= 0.6 is 24.0 Å². The number of aliphatic imine (C=N–C) groups is 1. The molecule has 0 atom stereocenters. The molecule has 156 valence electrons. The maximum absolute atomic E-state index is 5.55. The van der Waals surface area contributed by atoms with Crippen LogP contribution < -0.4 is 10.6 Å². The summed E-state index contributed by atoms with van der Waals surface area (Å²) in [4.78, 5) is 6.83. The normalized spacial score (nSPS) is 16.3. The third kappa shape index (κ3) is 14.0. The van der Waals surface area contributed by atoms with Gasteiger partial charge in [0.1, 0.15) is 0 Å². The first kappa shape index (κ1) is 25.9. The van der Waals surface area contributed by atoms with Gasteiger partial charge in [0.05, 0.1) is 19.8 Å². The number of unbranched alkanes of at least 4 members (excludes halogenated alkanes) is 1. The van der Waals surface area contributed by atoms with Crippen LogP contribution in [0.1, 0.15) is 46.0 Å². The van der Waals surface area contributed by atoms with Gasteiger partial charge in [0, 0.05) is 26.7 Å². The van der Waals surface area contributed by atoms with Crippen LogP contribution in [0.4, 0.5) is 0 Å². The minimum absolute atomic E-state index is 0. The Kier molecular flexibility index (Phi) is 18.2. The lowest BCUT2D eigenvalue weighted by Gasteiger charge is -2.30. The molecule has 0 amide bonds. The molecule has 2 N–H and O–H groups in total. The maximum atomic E-state index is 5.55. The van der Waals surface area contributed by atoms with Gasteiger partial charge < -0.3 is 25.0 Å². The van der Waals surface area contributed by atoms with E-state index in [0.29, 0.717) is 19.8 Å². The van der Waals surface area contributed by atoms with Crippen LogP contribution in [-0.2, 0) is 9.47 Å². The molecule has 0 aliphatic carbocycles. The molecule has 1 rings (SSSR count). The maximum Gasteiger partial charge on any atom is 0.191 e. The summed E-state index contributed by atoms with van der Waals surface area (Å²) < 4.78 is 11.0. The van der Waals surface area contributed by atoms with Crippen LogP contribution in [0.2, 0.25) is 0 Å². The SMILES string of the molecule is CCCCOCCOCCNC(=NC)NCCCN1CCC(C)CC1.I. The topological polar surface area (TPSA) is 58.1 Å². The number of guanidine groups is 1. The second-order valence-electron chi connectivity index (χ2n) is 6.88. The number of likely N-dealkylation sites (tertiary alicyclic amines) is 1. The monoisotopic (exact) mass is 484 g/mol. The second-order valence-corrected chi connectivity index (χ2v) is 6.88. The lowest BCUT2D eigenvalue weighted by atomic mass is 9.99. The van der Waals surface area contributed by atoms with Crippen LogP contribution in [-0.4, -0.2) is 77.1 Å². The highest BCUT2D eigenvalue weighted by molar-refractivity contribution is 14.0. The summed E-state index contributed by atoms with van der Waals surface area (Å²) in [6.45, 7) is 12.8. The minimum Gasteiger partial charge on any atom is -0.379 e. The average Bonchev–Trinajstić information content (AvgIpc) is 2.63. The fraction of sp³-hybridized carbons (Fsp3) is 0.947. The van der Waals surface area contributed by atoms with E-state index in [1.165, 1.54) is 38.9 Å². The van der Waals surface area contributed by atoms with E-state index in [0.717, 1.165) is 44.4 Å². The zero-order valence-corrected chi connectivity index (χ0v) is 19.4. The number of hydrogen-bond acceptors (Lipinski definition) is 4. The van der Waals surface area contributed by atoms with Crippen molar-refractivity contribution in [3.05, 3.63) is 0 Å². The highest BCUT2D eigenvalue weighted by Gasteiger charge is 2.14. The highest BCUT2D eigenvalue weighted by atomic mass is 127. The van der Waals surface area contributed by atoms with Crippen molar-refractivity contribution in [1.29, 1.82) is 0 Å². The van der Waals surface area contributed by atoms with Gasteiger partial charge in [-0.3, -0.25) is 4.99 Å². The average molecular weight is 484 g/mol. The zero-order chi connectivity index (χ0) is 18.2. The van der Waals surface area contributed by atoms with Gasteiger partial charge in [-0.25, -0.2) is 0 Å². The molecule has 0 aromatic heterocycles. The van der Waals surface area contributed by atoms with E-state index in [1.807, 2.05) is 7.05 Å². The van der Waals surface area contributed by atoms with E-state index in [9.17, 15) is 0 Å². The first-order valence-electron chi connectivity index (χ1n) is 10.1. The lowest BCUT2D eigenvalue weighted by Crippen LogP contribution is -2.40. The molecule has 26 heavy (non-hydrogen) atoms. The Labute approximate surface area is 177 Å². The first-order chi connectivity index (χ1) is 12.3. The van der Waals surface area contributed by atoms with Crippen molar-refractivity contribution < 1.29 is 9.47 Å². The molecule has 0 saturated carbocycles. The third-order valence-electron chi connectivity index (χ3n) is 4.60. The van der Waals surface area contributed by atoms with E-state index in [4.69, 9.17) is 9.47 Å². The molecule has 0 aromatic carbocycles. The molecule has 0 radical (unpaired) electrons. The summed E-state index contributed by atoms with van der Waals surface area (Å²) in [5, 5.41) is 6.66. The van der Waals surface area contributed by atoms with E-state index >= 15 is 0 Å². The van der Waals surface area contributed by atoms with Gasteiger partial charge in [-0.2, -0.15) is 0 Å². The Balaban J connectivity index is 0.00000625. The van der Waals surface area contributed by atoms with Crippen molar-refractivity contribution >= 4 is 29.9 Å². The van der Waals surface area contributed by atoms with Crippen molar-refractivity contribution in [3.8, 4) is 0 Å². The van der Waals surface area contributed by atoms with Gasteiger partial charge in [0.15, 0.2) is 5.96 Å². The molecule has 0 unspecified atom stereocenters. The highest BCUT2D eigenvalue weighted by Crippen LogP contribution is 2.15. The van der Waals surface area contributed by atoms with Crippen molar-refractivity contribution in [2.24, 2.45) is 10.9 Å². The number of rotatable bonds is 13. The van der Waals surface area contributed by atoms with Gasteiger partial charge >= 0.3 is 0 Å². The standard InChI is InChI=1S/C19H40N4O2.HI/c1-4-5-14-24-16-17-25-15-10-22-19(20-3)21-9-6-11-23-12-7-18(2)8-13-23;/h18H,4-17H2,1-3H3,(H2,20,21,22);1H. The largest absolute Gasteiger partial charge is 0.379 e. The number of hydrogen-bond donors (Lipinski definition) is 2. The molecule has 6 nitrogen and oxygen atoms in total. The van der Waals surface area contributed by atoms with E-state index in [1.54, 1.807) is 0 Å². The molecule has 7 heteroatoms. The predicted octanol–water partition coefficient (Wildman–Crippen LogP) is 2.72. The fourth-order valence-electron chi connectivity index (χ4n) is 2.83. The third-order valence-corrected chi connectivity index (χ3v) is 4.60. The number of nitrogens with zero attached hydrogens (tertiary/aromatic N) is 2. The Morgan fingerprint density at radius 2 is 1.65 bits per heavy atom. The molecule has 0 bridgehead atoms. The van der Waals surface area contributed by atoms with Gasteiger partial charge in [-0.15, -0.1) is 24.0 Å². The van der Waals surface area contributed by atoms with Crippen molar-refractivity contribution in [1.82, 2.24) is 15.5 Å². The Morgan fingerprint density at radius 3 is 2.31 bits per heavy atom. The quantitative estimate of drug-likeness (QED) is 0.182. The summed E-state index contributed by atoms with van der Waals surface area (Å²) in [5.74, 6) is 1.76. The first-order valence-corrected chi connectivity index (χ1v) is 10.1. The zero-order valence-electron chi connectivity index (χ0n) is 17.1. The van der Waals surface area contributed by atoms with Crippen LogP contribution in [0.15, 0.2) is 4.99 Å². The molecule has 1 saturated heterocycles. The molecular weight excluding hydrogens is 443 g/mol. The van der Waals surface area contributed by atoms with E-state index in [2.05, 4.69) is 34.4 Å². The van der Waals surface area contributed by atoms with E-state index < -0.39 is 0 Å². The Hall–Kier alpha value is -0.120. The lowest BCUT2D eigenvalue weighted by molar-refractivity contribution is 0.0487. The van der Waals surface area contributed by atoms with E-state index in [-0.39, 0.29) is 24.0 Å². The number of piperidine rings is 1. The van der Waals surface area contributed by atoms with Crippen molar-refractivity contribution in [3.63, 3.8) is 0 Å². The number of halogens is 1. The molecular formula is C19H41IN4O2. The van der Waals surface area contributed by atoms with Crippen LogP contribution in [0.5, 0.6) is 0 Å². The summed E-state index contributed by atoms with van der Waals surface area (Å²) >= 11 is 0. The molecule has 1 fully saturated rings. The fourth-order valence-corrected chi connectivity index (χ4v) is 2.83. The summed E-state index contributed by atoms with van der Waals surface area (Å²) in [6, 6.07) is 0. The summed E-state index contributed by atoms with van der Waals surface area (Å²) in [7, 11) is 1.81. The summed E-state index contributed by atoms with van der Waals surface area (Å²) in [5.41, 5.74) is 0. The van der Waals surface area contributed by atoms with Gasteiger partial charge in [-0.1, -0.05) is 20.3 Å². The Bertz CT molecular complexity index is 338. The van der Waals surface area contributed by atoms with Crippen molar-refractivity contribution in [2.45, 2.75) is 46.0 Å². The smallest absolute Gasteiger partial charge is 0.191 e. The summed E-state index contributed by atoms with van der Waals surface area (Å²) in [6.07, 6.45) is 6.15. The van der Waals surface area contributed by atoms with Crippen LogP contribution in [0, 0.1) is 5.92 Å². The molecule has 1 aliphatic rings. The van der Waals surface area contributed by atoms with Crippen molar-refractivity contribution in [2.75, 3.05) is 66.2 Å². The molecule has 0 aromatic rings. The minimum atomic E-state index is 0.